The van der Waals surface area contributed by atoms with Gasteiger partial charge in [-0.1, -0.05) is 38.5 Å². The van der Waals surface area contributed by atoms with Crippen LogP contribution in [-0.2, 0) is 10.0 Å². The van der Waals surface area contributed by atoms with Crippen LogP contribution in [0, 0.1) is 11.8 Å². The summed E-state index contributed by atoms with van der Waals surface area (Å²) in [5.41, 5.74) is 0. The third-order valence-corrected chi connectivity index (χ3v) is 6.40. The number of hydrogen-bond donors (Lipinski definition) is 2. The van der Waals surface area contributed by atoms with Crippen LogP contribution in [-0.4, -0.2) is 31.9 Å². The highest BCUT2D eigenvalue weighted by Crippen LogP contribution is 2.27. The predicted molar refractivity (Wildman–Crippen MR) is 80.9 cm³/mol. The second-order valence-electron chi connectivity index (χ2n) is 6.60. The summed E-state index contributed by atoms with van der Waals surface area (Å²) in [5, 5.41) is 10.1. The van der Waals surface area contributed by atoms with E-state index in [1.54, 1.807) is 0 Å². The lowest BCUT2D eigenvalue weighted by Gasteiger charge is -2.27. The van der Waals surface area contributed by atoms with Crippen LogP contribution in [0.25, 0.3) is 0 Å². The van der Waals surface area contributed by atoms with Gasteiger partial charge in [-0.3, -0.25) is 0 Å². The van der Waals surface area contributed by atoms with Crippen LogP contribution in [0.15, 0.2) is 0 Å². The second-order valence-corrected chi connectivity index (χ2v) is 8.45. The molecule has 118 valence electrons. The lowest BCUT2D eigenvalue weighted by atomic mass is 9.85. The minimum Gasteiger partial charge on any atom is -0.391 e. The van der Waals surface area contributed by atoms with Crippen molar-refractivity contribution >= 4 is 10.0 Å². The van der Waals surface area contributed by atoms with Crippen molar-refractivity contribution in [1.29, 1.82) is 0 Å². The first kappa shape index (κ1) is 16.2. The van der Waals surface area contributed by atoms with Gasteiger partial charge in [0, 0.05) is 6.54 Å². The van der Waals surface area contributed by atoms with Crippen LogP contribution >= 0.6 is 0 Å². The number of rotatable bonds is 6. The molecule has 2 aliphatic carbocycles. The Morgan fingerprint density at radius 2 is 1.50 bits per heavy atom. The molecule has 1 atom stereocenters. The predicted octanol–water partition coefficient (Wildman–Crippen LogP) is 2.43. The van der Waals surface area contributed by atoms with Gasteiger partial charge >= 0.3 is 0 Å². The molecule has 2 saturated carbocycles. The van der Waals surface area contributed by atoms with E-state index in [4.69, 9.17) is 0 Å². The Kier molecular flexibility index (Phi) is 6.30. The van der Waals surface area contributed by atoms with Crippen LogP contribution in [0.3, 0.4) is 0 Å². The Morgan fingerprint density at radius 3 is 2.10 bits per heavy atom. The van der Waals surface area contributed by atoms with Gasteiger partial charge in [0.15, 0.2) is 0 Å². The Balaban J connectivity index is 1.73. The summed E-state index contributed by atoms with van der Waals surface area (Å²) in [5.74, 6) is 0.832. The van der Waals surface area contributed by atoms with E-state index in [-0.39, 0.29) is 18.2 Å². The molecule has 0 bridgehead atoms. The van der Waals surface area contributed by atoms with E-state index in [0.717, 1.165) is 51.4 Å². The quantitative estimate of drug-likeness (QED) is 0.792. The molecule has 0 unspecified atom stereocenters. The molecule has 0 aromatic rings. The zero-order chi connectivity index (χ0) is 14.4. The van der Waals surface area contributed by atoms with E-state index in [9.17, 15) is 13.5 Å². The second kappa shape index (κ2) is 7.76. The number of aliphatic hydroxyl groups is 1. The molecule has 20 heavy (non-hydrogen) atoms. The molecular weight excluding hydrogens is 274 g/mol. The number of sulfonamides is 1. The van der Waals surface area contributed by atoms with Crippen molar-refractivity contribution in [3.63, 3.8) is 0 Å². The van der Waals surface area contributed by atoms with E-state index in [0.29, 0.717) is 5.92 Å². The van der Waals surface area contributed by atoms with Crippen molar-refractivity contribution in [3.05, 3.63) is 0 Å². The molecule has 2 fully saturated rings. The van der Waals surface area contributed by atoms with E-state index in [2.05, 4.69) is 4.72 Å². The average molecular weight is 303 g/mol. The number of hydrogen-bond acceptors (Lipinski definition) is 3. The van der Waals surface area contributed by atoms with Crippen LogP contribution in [0.4, 0.5) is 0 Å². The molecule has 5 heteroatoms. The standard InChI is InChI=1S/C15H29NO3S/c17-15(14-9-5-2-6-10-14)11-16-20(18,19)12-13-7-3-1-4-8-13/h13-17H,1-12H2/t15-/m0/s1. The SMILES string of the molecule is O=S(=O)(CC1CCCCC1)NC[C@H](O)C1CCCCC1. The van der Waals surface area contributed by atoms with Gasteiger partial charge in [0.25, 0.3) is 0 Å². The van der Waals surface area contributed by atoms with Gasteiger partial charge in [-0.15, -0.1) is 0 Å². The van der Waals surface area contributed by atoms with Gasteiger partial charge in [-0.25, -0.2) is 13.1 Å². The van der Waals surface area contributed by atoms with Crippen molar-refractivity contribution < 1.29 is 13.5 Å². The third kappa shape index (κ3) is 5.34. The summed E-state index contributed by atoms with van der Waals surface area (Å²) in [4.78, 5) is 0. The Bertz CT molecular complexity index is 371. The minimum atomic E-state index is -3.22. The van der Waals surface area contributed by atoms with Crippen LogP contribution < -0.4 is 4.72 Å². The van der Waals surface area contributed by atoms with Gasteiger partial charge in [0.1, 0.15) is 0 Å². The fourth-order valence-electron chi connectivity index (χ4n) is 3.62. The molecule has 4 nitrogen and oxygen atoms in total. The van der Waals surface area contributed by atoms with Gasteiger partial charge < -0.3 is 5.11 Å². The maximum atomic E-state index is 12.1. The molecule has 0 saturated heterocycles. The highest BCUT2D eigenvalue weighted by Gasteiger charge is 2.25. The topological polar surface area (TPSA) is 66.4 Å². The van der Waals surface area contributed by atoms with Gasteiger partial charge in [0.2, 0.25) is 10.0 Å². The normalized spacial score (nSPS) is 24.6. The molecule has 2 N–H and O–H groups in total. The lowest BCUT2D eigenvalue weighted by Crippen LogP contribution is -2.39. The van der Waals surface area contributed by atoms with E-state index < -0.39 is 16.1 Å². The third-order valence-electron chi connectivity index (χ3n) is 4.89. The number of aliphatic hydroxyl groups excluding tert-OH is 1. The smallest absolute Gasteiger partial charge is 0.211 e. The lowest BCUT2D eigenvalue weighted by molar-refractivity contribution is 0.0888. The summed E-state index contributed by atoms with van der Waals surface area (Å²) in [6.45, 7) is 0.194. The maximum Gasteiger partial charge on any atom is 0.211 e. The van der Waals surface area contributed by atoms with E-state index in [1.165, 1.54) is 12.8 Å². The molecule has 0 aromatic heterocycles. The fraction of sp³-hybridized carbons (Fsp3) is 1.00. The van der Waals surface area contributed by atoms with Crippen LogP contribution in [0.2, 0.25) is 0 Å². The monoisotopic (exact) mass is 303 g/mol. The van der Waals surface area contributed by atoms with Gasteiger partial charge in [0.05, 0.1) is 11.9 Å². The van der Waals surface area contributed by atoms with Crippen molar-refractivity contribution in [2.45, 2.75) is 70.3 Å². The first-order chi connectivity index (χ1) is 9.57. The molecular formula is C15H29NO3S. The Labute approximate surface area is 123 Å². The minimum absolute atomic E-state index is 0.194. The zero-order valence-corrected chi connectivity index (χ0v) is 13.2. The van der Waals surface area contributed by atoms with Crippen LogP contribution in [0.5, 0.6) is 0 Å². The van der Waals surface area contributed by atoms with Gasteiger partial charge in [-0.2, -0.15) is 0 Å². The molecule has 0 heterocycles. The highest BCUT2D eigenvalue weighted by molar-refractivity contribution is 7.89. The van der Waals surface area contributed by atoms with E-state index in [1.807, 2.05) is 0 Å². The molecule has 0 spiro atoms. The summed E-state index contributed by atoms with van der Waals surface area (Å²) in [6, 6.07) is 0. The number of nitrogens with one attached hydrogen (secondary N) is 1. The van der Waals surface area contributed by atoms with Crippen molar-refractivity contribution in [2.75, 3.05) is 12.3 Å². The zero-order valence-electron chi connectivity index (χ0n) is 12.4. The first-order valence-corrected chi connectivity index (χ1v) is 9.87. The average Bonchev–Trinajstić information content (AvgIpc) is 2.46. The Hall–Kier alpha value is -0.130. The summed E-state index contributed by atoms with van der Waals surface area (Å²) in [6.07, 6.45) is 10.7. The fourth-order valence-corrected chi connectivity index (χ4v) is 5.12. The maximum absolute atomic E-state index is 12.1. The summed E-state index contributed by atoms with van der Waals surface area (Å²) in [7, 11) is -3.22. The summed E-state index contributed by atoms with van der Waals surface area (Å²) < 4.78 is 26.8. The van der Waals surface area contributed by atoms with Crippen LogP contribution in [0.1, 0.15) is 64.2 Å². The van der Waals surface area contributed by atoms with E-state index >= 15 is 0 Å². The first-order valence-electron chi connectivity index (χ1n) is 8.22. The molecule has 0 aromatic carbocycles. The van der Waals surface area contributed by atoms with Crippen molar-refractivity contribution in [1.82, 2.24) is 4.72 Å². The summed E-state index contributed by atoms with van der Waals surface area (Å²) >= 11 is 0. The molecule has 0 radical (unpaired) electrons. The van der Waals surface area contributed by atoms with Crippen molar-refractivity contribution in [3.8, 4) is 0 Å². The van der Waals surface area contributed by atoms with Gasteiger partial charge in [-0.05, 0) is 37.5 Å². The molecule has 0 aliphatic heterocycles. The van der Waals surface area contributed by atoms with Crippen molar-refractivity contribution in [2.24, 2.45) is 11.8 Å². The molecule has 2 aliphatic rings. The molecule has 0 amide bonds. The largest absolute Gasteiger partial charge is 0.391 e. The molecule has 2 rings (SSSR count). The Morgan fingerprint density at radius 1 is 0.950 bits per heavy atom. The highest BCUT2D eigenvalue weighted by atomic mass is 32.2.